The number of nitrogens with two attached hydrogens (primary N) is 1. The van der Waals surface area contributed by atoms with E-state index < -0.39 is 5.91 Å². The number of amides is 1. The number of imidazole rings is 1. The number of carbonyl (C=O) groups is 2. The van der Waals surface area contributed by atoms with Crippen molar-refractivity contribution >= 4 is 28.0 Å². The van der Waals surface area contributed by atoms with Gasteiger partial charge in [0.25, 0.3) is 5.91 Å². The number of carbonyl (C=O) groups excluding carboxylic acids is 2. The van der Waals surface area contributed by atoms with E-state index in [1.807, 2.05) is 5.38 Å². The smallest absolute Gasteiger partial charge is 0.252 e. The van der Waals surface area contributed by atoms with E-state index in [1.165, 1.54) is 23.7 Å². The number of fused-ring (bicyclic) bond motifs is 1. The average molecular weight is 275 g/mol. The highest BCUT2D eigenvalue weighted by Gasteiger charge is 2.18. The number of thiazole rings is 1. The third-order valence-electron chi connectivity index (χ3n) is 2.75. The summed E-state index contributed by atoms with van der Waals surface area (Å²) in [5.74, 6) is -0.761. The monoisotopic (exact) mass is 275 g/mol. The Balaban J connectivity index is 1.91. The summed E-state index contributed by atoms with van der Waals surface area (Å²) < 4.78 is 1.72. The lowest BCUT2D eigenvalue weighted by Gasteiger charge is -1.99. The van der Waals surface area contributed by atoms with E-state index in [-0.39, 0.29) is 17.8 Å². The number of ketones is 1. The van der Waals surface area contributed by atoms with Gasteiger partial charge in [-0.3, -0.25) is 19.1 Å². The average Bonchev–Trinajstić information content (AvgIpc) is 3.02. The molecule has 0 saturated carbocycles. The van der Waals surface area contributed by atoms with Crippen LogP contribution in [0.5, 0.6) is 0 Å². The molecule has 0 atom stereocenters. The van der Waals surface area contributed by atoms with Gasteiger partial charge in [-0.05, 0) is 0 Å². The molecule has 3 aromatic heterocycles. The summed E-state index contributed by atoms with van der Waals surface area (Å²) in [6, 6.07) is 0. The number of aromatic nitrogens is 4. The molecule has 3 N–H and O–H groups in total. The SMILES string of the molecule is NC(=O)c1cn[nH]c1CC(=O)c1cnc2sccn12. The van der Waals surface area contributed by atoms with E-state index >= 15 is 0 Å². The van der Waals surface area contributed by atoms with Gasteiger partial charge in [-0.25, -0.2) is 4.98 Å². The first-order chi connectivity index (χ1) is 9.16. The van der Waals surface area contributed by atoms with Gasteiger partial charge in [0.15, 0.2) is 10.7 Å². The minimum atomic E-state index is -0.606. The lowest BCUT2D eigenvalue weighted by Crippen LogP contribution is -2.15. The van der Waals surface area contributed by atoms with Crippen molar-refractivity contribution in [1.82, 2.24) is 19.6 Å². The van der Waals surface area contributed by atoms with E-state index in [2.05, 4.69) is 15.2 Å². The fraction of sp³-hybridized carbons (Fsp3) is 0.0909. The predicted molar refractivity (Wildman–Crippen MR) is 68.2 cm³/mol. The molecule has 3 heterocycles. The first-order valence-corrected chi connectivity index (χ1v) is 6.30. The van der Waals surface area contributed by atoms with Crippen LogP contribution in [-0.4, -0.2) is 31.3 Å². The van der Waals surface area contributed by atoms with E-state index in [1.54, 1.807) is 10.6 Å². The molecule has 3 rings (SSSR count). The molecule has 0 aliphatic carbocycles. The van der Waals surface area contributed by atoms with Crippen LogP contribution in [0.2, 0.25) is 0 Å². The van der Waals surface area contributed by atoms with Crippen LogP contribution in [0.4, 0.5) is 0 Å². The van der Waals surface area contributed by atoms with E-state index in [0.717, 1.165) is 4.96 Å². The van der Waals surface area contributed by atoms with Crippen molar-refractivity contribution in [2.24, 2.45) is 5.73 Å². The van der Waals surface area contributed by atoms with Gasteiger partial charge in [0.05, 0.1) is 30.1 Å². The molecular formula is C11H9N5O2S. The highest BCUT2D eigenvalue weighted by Crippen LogP contribution is 2.15. The van der Waals surface area contributed by atoms with Crippen molar-refractivity contribution < 1.29 is 9.59 Å². The van der Waals surface area contributed by atoms with Gasteiger partial charge in [0, 0.05) is 11.6 Å². The normalized spacial score (nSPS) is 10.9. The minimum Gasteiger partial charge on any atom is -0.365 e. The molecular weight excluding hydrogens is 266 g/mol. The first-order valence-electron chi connectivity index (χ1n) is 5.42. The van der Waals surface area contributed by atoms with E-state index in [0.29, 0.717) is 11.4 Å². The minimum absolute atomic E-state index is 0.0297. The Bertz CT molecular complexity index is 769. The summed E-state index contributed by atoms with van der Waals surface area (Å²) in [6.45, 7) is 0. The molecule has 0 bridgehead atoms. The lowest BCUT2D eigenvalue weighted by atomic mass is 10.1. The quantitative estimate of drug-likeness (QED) is 0.681. The van der Waals surface area contributed by atoms with Gasteiger partial charge in [-0.1, -0.05) is 0 Å². The topological polar surface area (TPSA) is 106 Å². The molecule has 0 aliphatic heterocycles. The number of rotatable bonds is 4. The predicted octanol–water partition coefficient (Wildman–Crippen LogP) is 0.643. The Hall–Kier alpha value is -2.48. The highest BCUT2D eigenvalue weighted by molar-refractivity contribution is 7.15. The molecule has 0 aliphatic rings. The molecule has 8 heteroatoms. The Morgan fingerprint density at radius 3 is 3.05 bits per heavy atom. The summed E-state index contributed by atoms with van der Waals surface area (Å²) >= 11 is 1.45. The molecule has 7 nitrogen and oxygen atoms in total. The second-order valence-electron chi connectivity index (χ2n) is 3.93. The number of nitrogens with zero attached hydrogens (tertiary/aromatic N) is 3. The second-order valence-corrected chi connectivity index (χ2v) is 4.80. The number of H-pyrrole nitrogens is 1. The molecule has 0 spiro atoms. The van der Waals surface area contributed by atoms with Gasteiger partial charge in [-0.2, -0.15) is 5.10 Å². The molecule has 0 saturated heterocycles. The zero-order chi connectivity index (χ0) is 13.4. The van der Waals surface area contributed by atoms with Crippen molar-refractivity contribution in [3.05, 3.63) is 40.9 Å². The molecule has 1 amide bonds. The van der Waals surface area contributed by atoms with Crippen molar-refractivity contribution in [2.75, 3.05) is 0 Å². The van der Waals surface area contributed by atoms with Crippen molar-refractivity contribution in [3.63, 3.8) is 0 Å². The van der Waals surface area contributed by atoms with Crippen LogP contribution in [0.25, 0.3) is 4.96 Å². The van der Waals surface area contributed by atoms with Crippen LogP contribution < -0.4 is 5.73 Å². The summed E-state index contributed by atoms with van der Waals surface area (Å²) in [7, 11) is 0. The molecule has 0 radical (unpaired) electrons. The number of Topliss-reactive ketones (excluding diaryl/α,β-unsaturated/α-hetero) is 1. The van der Waals surface area contributed by atoms with Crippen LogP contribution in [0.1, 0.15) is 26.5 Å². The fourth-order valence-electron chi connectivity index (χ4n) is 1.84. The molecule has 0 fully saturated rings. The lowest BCUT2D eigenvalue weighted by molar-refractivity contribution is 0.0985. The second kappa shape index (κ2) is 4.32. The molecule has 3 aromatic rings. The Morgan fingerprint density at radius 1 is 1.42 bits per heavy atom. The Morgan fingerprint density at radius 2 is 2.26 bits per heavy atom. The molecule has 96 valence electrons. The van der Waals surface area contributed by atoms with Crippen LogP contribution in [-0.2, 0) is 6.42 Å². The largest absolute Gasteiger partial charge is 0.365 e. The first kappa shape index (κ1) is 11.6. The maximum atomic E-state index is 12.2. The molecule has 0 unspecified atom stereocenters. The van der Waals surface area contributed by atoms with E-state index in [9.17, 15) is 9.59 Å². The fourth-order valence-corrected chi connectivity index (χ4v) is 2.54. The number of hydrogen-bond acceptors (Lipinski definition) is 5. The number of aromatic amines is 1. The van der Waals surface area contributed by atoms with Crippen LogP contribution in [0.15, 0.2) is 24.0 Å². The number of primary amides is 1. The number of hydrogen-bond donors (Lipinski definition) is 2. The third kappa shape index (κ3) is 1.91. The summed E-state index contributed by atoms with van der Waals surface area (Å²) in [5, 5.41) is 8.21. The van der Waals surface area contributed by atoms with Gasteiger partial charge >= 0.3 is 0 Å². The van der Waals surface area contributed by atoms with Gasteiger partial charge in [0.2, 0.25) is 0 Å². The summed E-state index contributed by atoms with van der Waals surface area (Å²) in [5.41, 5.74) is 6.33. The Labute approximate surface area is 111 Å². The van der Waals surface area contributed by atoms with E-state index in [4.69, 9.17) is 5.73 Å². The highest BCUT2D eigenvalue weighted by atomic mass is 32.1. The van der Waals surface area contributed by atoms with Crippen molar-refractivity contribution in [1.29, 1.82) is 0 Å². The molecule has 19 heavy (non-hydrogen) atoms. The third-order valence-corrected chi connectivity index (χ3v) is 3.52. The molecule has 0 aromatic carbocycles. The summed E-state index contributed by atoms with van der Waals surface area (Å²) in [6.07, 6.45) is 4.65. The van der Waals surface area contributed by atoms with Crippen LogP contribution in [0, 0.1) is 0 Å². The van der Waals surface area contributed by atoms with Gasteiger partial charge in [0.1, 0.15) is 5.69 Å². The standard InChI is InChI=1S/C11H9N5O2S/c12-10(18)6-4-14-15-7(6)3-9(17)8-5-13-11-16(8)1-2-19-11/h1-2,4-5H,3H2,(H2,12,18)(H,14,15). The van der Waals surface area contributed by atoms with Gasteiger partial charge in [-0.15, -0.1) is 11.3 Å². The van der Waals surface area contributed by atoms with Gasteiger partial charge < -0.3 is 5.73 Å². The zero-order valence-electron chi connectivity index (χ0n) is 9.66. The van der Waals surface area contributed by atoms with Crippen molar-refractivity contribution in [3.8, 4) is 0 Å². The number of nitrogens with one attached hydrogen (secondary N) is 1. The maximum absolute atomic E-state index is 12.2. The summed E-state index contributed by atoms with van der Waals surface area (Å²) in [4.78, 5) is 28.2. The van der Waals surface area contributed by atoms with Crippen LogP contribution >= 0.6 is 11.3 Å². The Kier molecular flexibility index (Phi) is 2.64. The zero-order valence-corrected chi connectivity index (χ0v) is 10.5. The van der Waals surface area contributed by atoms with Crippen molar-refractivity contribution in [2.45, 2.75) is 6.42 Å². The van der Waals surface area contributed by atoms with Crippen LogP contribution in [0.3, 0.4) is 0 Å². The maximum Gasteiger partial charge on any atom is 0.252 e.